The fraction of sp³-hybridized carbons (Fsp3) is 0.250. The largest absolute Gasteiger partial charge is 0.508 e. The Hall–Kier alpha value is -2.60. The maximum atomic E-state index is 10.1. The lowest BCUT2D eigenvalue weighted by molar-refractivity contribution is -0.0400. The van der Waals surface area contributed by atoms with Gasteiger partial charge in [-0.15, -0.1) is 0 Å². The zero-order chi connectivity index (χ0) is 16.3. The van der Waals surface area contributed by atoms with Gasteiger partial charge < -0.3 is 30.3 Å². The van der Waals surface area contributed by atoms with E-state index in [2.05, 4.69) is 6.58 Å². The van der Waals surface area contributed by atoms with Crippen molar-refractivity contribution in [3.63, 3.8) is 0 Å². The van der Waals surface area contributed by atoms with Crippen LogP contribution in [-0.4, -0.2) is 31.6 Å². The van der Waals surface area contributed by atoms with Crippen LogP contribution in [0.3, 0.4) is 0 Å². The van der Waals surface area contributed by atoms with Crippen LogP contribution >= 0.6 is 0 Å². The van der Waals surface area contributed by atoms with Gasteiger partial charge in [-0.1, -0.05) is 12.6 Å². The quantitative estimate of drug-likeness (QED) is 0.333. The first-order chi connectivity index (χ1) is 10.4. The van der Waals surface area contributed by atoms with Gasteiger partial charge in [0.1, 0.15) is 23.4 Å². The molecule has 1 saturated heterocycles. The van der Waals surface area contributed by atoms with Crippen LogP contribution in [0.4, 0.5) is 0 Å². The lowest BCUT2D eigenvalue weighted by atomic mass is 9.97. The van der Waals surface area contributed by atoms with Crippen molar-refractivity contribution in [2.24, 2.45) is 0 Å². The molecule has 1 aliphatic heterocycles. The average molecular weight is 306 g/mol. The Bertz CT molecular complexity index is 632. The highest BCUT2D eigenvalue weighted by molar-refractivity contribution is 5.41. The molecule has 1 aliphatic rings. The zero-order valence-electron chi connectivity index (χ0n) is 11.8. The summed E-state index contributed by atoms with van der Waals surface area (Å²) < 4.78 is 5.64. The fourth-order valence-corrected chi connectivity index (χ4v) is 2.23. The molecule has 22 heavy (non-hydrogen) atoms. The molecule has 0 aromatic heterocycles. The number of aliphatic hydroxyl groups excluding tert-OH is 3. The van der Waals surface area contributed by atoms with Crippen molar-refractivity contribution in [1.29, 1.82) is 0 Å². The van der Waals surface area contributed by atoms with E-state index < -0.39 is 12.2 Å². The number of benzene rings is 1. The van der Waals surface area contributed by atoms with Gasteiger partial charge in [0.2, 0.25) is 0 Å². The number of aliphatic hydroxyl groups is 3. The number of rotatable bonds is 3. The molecule has 2 rings (SSSR count). The van der Waals surface area contributed by atoms with Crippen molar-refractivity contribution in [3.8, 4) is 11.5 Å². The van der Waals surface area contributed by atoms with E-state index in [9.17, 15) is 20.4 Å². The van der Waals surface area contributed by atoms with Crippen molar-refractivity contribution in [1.82, 2.24) is 0 Å². The summed E-state index contributed by atoms with van der Waals surface area (Å²) in [6.07, 6.45) is 1.73. The van der Waals surface area contributed by atoms with E-state index in [0.29, 0.717) is 24.2 Å². The van der Waals surface area contributed by atoms with E-state index in [1.165, 1.54) is 24.3 Å². The van der Waals surface area contributed by atoms with Crippen LogP contribution < -0.4 is 0 Å². The first-order valence-electron chi connectivity index (χ1n) is 6.72. The van der Waals surface area contributed by atoms with E-state index in [1.807, 2.05) is 0 Å². The summed E-state index contributed by atoms with van der Waals surface area (Å²) in [6, 6.07) is 4.17. The van der Waals surface area contributed by atoms with Gasteiger partial charge in [0, 0.05) is 18.6 Å². The maximum absolute atomic E-state index is 10.1. The molecule has 0 spiro atoms. The van der Waals surface area contributed by atoms with Crippen LogP contribution in [0.25, 0.3) is 0 Å². The molecule has 1 fully saturated rings. The molecular formula is C16H18O6. The summed E-state index contributed by atoms with van der Waals surface area (Å²) in [6.45, 7) is 3.24. The normalized spacial score (nSPS) is 24.0. The minimum atomic E-state index is -0.778. The van der Waals surface area contributed by atoms with E-state index in [4.69, 9.17) is 9.84 Å². The first-order valence-corrected chi connectivity index (χ1v) is 6.72. The Morgan fingerprint density at radius 3 is 2.59 bits per heavy atom. The molecule has 1 aromatic rings. The lowest BCUT2D eigenvalue weighted by Crippen LogP contribution is -2.26. The minimum absolute atomic E-state index is 0.216. The van der Waals surface area contributed by atoms with Crippen LogP contribution in [0.1, 0.15) is 24.5 Å². The number of phenols is 2. The Morgan fingerprint density at radius 1 is 1.23 bits per heavy atom. The van der Waals surface area contributed by atoms with Crippen LogP contribution in [0.2, 0.25) is 0 Å². The smallest absolute Gasteiger partial charge is 0.157 e. The number of phenolic OH excluding ortho intramolecular Hbond substituents is 2. The molecule has 118 valence electrons. The highest BCUT2D eigenvalue weighted by atomic mass is 16.5. The van der Waals surface area contributed by atoms with E-state index in [1.54, 1.807) is 0 Å². The third-order valence-corrected chi connectivity index (χ3v) is 3.27. The van der Waals surface area contributed by atoms with E-state index in [0.717, 1.165) is 6.08 Å². The van der Waals surface area contributed by atoms with Gasteiger partial charge in [0.05, 0.1) is 6.10 Å². The van der Waals surface area contributed by atoms with Gasteiger partial charge in [-0.25, -0.2) is 0 Å². The molecular weight excluding hydrogens is 288 g/mol. The van der Waals surface area contributed by atoms with Gasteiger partial charge in [-0.3, -0.25) is 0 Å². The van der Waals surface area contributed by atoms with Gasteiger partial charge >= 0.3 is 0 Å². The van der Waals surface area contributed by atoms with Crippen molar-refractivity contribution in [3.05, 3.63) is 59.8 Å². The Labute approximate surface area is 127 Å². The molecule has 0 saturated carbocycles. The Balaban J connectivity index is 2.23. The summed E-state index contributed by atoms with van der Waals surface area (Å²) in [5.74, 6) is -0.634. The average Bonchev–Trinajstić information content (AvgIpc) is 2.43. The summed E-state index contributed by atoms with van der Waals surface area (Å²) in [4.78, 5) is 0. The van der Waals surface area contributed by atoms with Gasteiger partial charge in [0.25, 0.3) is 0 Å². The fourth-order valence-electron chi connectivity index (χ4n) is 2.23. The summed E-state index contributed by atoms with van der Waals surface area (Å²) in [5, 5.41) is 47.5. The number of hydrogen-bond donors (Lipinski definition) is 5. The third-order valence-electron chi connectivity index (χ3n) is 3.27. The van der Waals surface area contributed by atoms with E-state index in [-0.39, 0.29) is 23.0 Å². The predicted molar refractivity (Wildman–Crippen MR) is 79.4 cm³/mol. The minimum Gasteiger partial charge on any atom is -0.508 e. The topological polar surface area (TPSA) is 110 Å². The summed E-state index contributed by atoms with van der Waals surface area (Å²) in [7, 11) is 0. The number of hydrogen-bond acceptors (Lipinski definition) is 6. The second-order valence-electron chi connectivity index (χ2n) is 5.06. The maximum Gasteiger partial charge on any atom is 0.157 e. The molecule has 2 atom stereocenters. The SMILES string of the molecule is C=C(O)/C=C(O)\C=C1/CC[C@@H](O)[C@@H](c2ccc(O)c(O)c2)O1. The Morgan fingerprint density at radius 2 is 1.95 bits per heavy atom. The number of allylic oxidation sites excluding steroid dienone is 3. The van der Waals surface area contributed by atoms with Gasteiger partial charge in [0.15, 0.2) is 11.5 Å². The second-order valence-corrected chi connectivity index (χ2v) is 5.06. The number of ether oxygens (including phenoxy) is 1. The predicted octanol–water partition coefficient (Wildman–Crippen LogP) is 2.71. The first kappa shape index (κ1) is 15.8. The van der Waals surface area contributed by atoms with Crippen molar-refractivity contribution in [2.75, 3.05) is 0 Å². The van der Waals surface area contributed by atoms with Crippen LogP contribution in [0.15, 0.2) is 54.2 Å². The highest BCUT2D eigenvalue weighted by Gasteiger charge is 2.29. The van der Waals surface area contributed by atoms with Crippen molar-refractivity contribution >= 4 is 0 Å². The molecule has 6 heteroatoms. The molecule has 1 aromatic carbocycles. The molecule has 0 radical (unpaired) electrons. The molecule has 1 heterocycles. The van der Waals surface area contributed by atoms with Crippen LogP contribution in [-0.2, 0) is 4.74 Å². The highest BCUT2D eigenvalue weighted by Crippen LogP contribution is 2.37. The monoisotopic (exact) mass is 306 g/mol. The Kier molecular flexibility index (Phi) is 4.62. The second kappa shape index (κ2) is 6.44. The van der Waals surface area contributed by atoms with Gasteiger partial charge in [-0.05, 0) is 24.1 Å². The van der Waals surface area contributed by atoms with Crippen LogP contribution in [0.5, 0.6) is 11.5 Å². The standard InChI is InChI=1S/C16H18O6/c1-9(17)6-11(18)8-12-3-5-14(20)16(22-12)10-2-4-13(19)15(21)7-10/h2,4,6-8,14,16-21H,1,3,5H2/b11-6+,12-8+/t14-,16-/m1/s1. The molecule has 0 unspecified atom stereocenters. The lowest BCUT2D eigenvalue weighted by Gasteiger charge is -2.31. The molecule has 0 aliphatic carbocycles. The molecule has 6 nitrogen and oxygen atoms in total. The van der Waals surface area contributed by atoms with E-state index >= 15 is 0 Å². The molecule has 0 bridgehead atoms. The van der Waals surface area contributed by atoms with Crippen LogP contribution in [0, 0.1) is 0 Å². The van der Waals surface area contributed by atoms with Crippen molar-refractivity contribution < 1.29 is 30.3 Å². The molecule has 5 N–H and O–H groups in total. The summed E-state index contributed by atoms with van der Waals surface area (Å²) in [5.41, 5.74) is 0.503. The molecule has 0 amide bonds. The zero-order valence-corrected chi connectivity index (χ0v) is 11.8. The van der Waals surface area contributed by atoms with Crippen molar-refractivity contribution in [2.45, 2.75) is 25.0 Å². The summed E-state index contributed by atoms with van der Waals surface area (Å²) >= 11 is 0. The number of aromatic hydroxyl groups is 2. The van der Waals surface area contributed by atoms with Gasteiger partial charge in [-0.2, -0.15) is 0 Å². The third kappa shape index (κ3) is 3.73.